The lowest BCUT2D eigenvalue weighted by molar-refractivity contribution is -0.123. The number of hydrogen-bond acceptors (Lipinski definition) is 2. The number of carbonyl (C=O) groups is 1. The van der Waals surface area contributed by atoms with Gasteiger partial charge in [-0.1, -0.05) is 30.2 Å². The van der Waals surface area contributed by atoms with E-state index in [0.717, 1.165) is 17.1 Å². The van der Waals surface area contributed by atoms with Crippen molar-refractivity contribution in [2.24, 2.45) is 11.8 Å². The number of halogens is 1. The van der Waals surface area contributed by atoms with Gasteiger partial charge in [0.1, 0.15) is 0 Å². The minimum Gasteiger partial charge on any atom is -0.351 e. The van der Waals surface area contributed by atoms with Crippen molar-refractivity contribution >= 4 is 17.5 Å². The summed E-state index contributed by atoms with van der Waals surface area (Å²) in [6.07, 6.45) is 3.74. The van der Waals surface area contributed by atoms with Crippen molar-refractivity contribution in [3.8, 4) is 0 Å². The van der Waals surface area contributed by atoms with Crippen molar-refractivity contribution in [2.75, 3.05) is 6.54 Å². The highest BCUT2D eigenvalue weighted by molar-refractivity contribution is 6.30. The molecule has 1 heterocycles. The fourth-order valence-electron chi connectivity index (χ4n) is 3.38. The highest BCUT2D eigenvalue weighted by Gasteiger charge is 2.42. The number of rotatable bonds is 3. The van der Waals surface area contributed by atoms with Crippen LogP contribution in [0.5, 0.6) is 0 Å². The molecule has 1 aromatic carbocycles. The van der Waals surface area contributed by atoms with E-state index in [2.05, 4.69) is 10.6 Å². The number of nitrogens with one attached hydrogen (secondary N) is 2. The van der Waals surface area contributed by atoms with Crippen LogP contribution in [0.25, 0.3) is 0 Å². The first-order valence-electron chi connectivity index (χ1n) is 6.99. The van der Waals surface area contributed by atoms with E-state index < -0.39 is 0 Å². The summed E-state index contributed by atoms with van der Waals surface area (Å²) >= 11 is 5.84. The van der Waals surface area contributed by atoms with Gasteiger partial charge in [0.15, 0.2) is 0 Å². The largest absolute Gasteiger partial charge is 0.351 e. The Labute approximate surface area is 118 Å². The van der Waals surface area contributed by atoms with Gasteiger partial charge >= 0.3 is 0 Å². The van der Waals surface area contributed by atoms with Gasteiger partial charge in [-0.15, -0.1) is 0 Å². The Balaban J connectivity index is 1.55. The second-order valence-electron chi connectivity index (χ2n) is 5.59. The van der Waals surface area contributed by atoms with E-state index in [1.165, 1.54) is 19.3 Å². The van der Waals surface area contributed by atoms with Crippen molar-refractivity contribution in [1.29, 1.82) is 0 Å². The maximum atomic E-state index is 12.2. The normalized spacial score (nSPS) is 29.2. The molecule has 2 N–H and O–H groups in total. The van der Waals surface area contributed by atoms with Crippen LogP contribution >= 0.6 is 11.6 Å². The summed E-state index contributed by atoms with van der Waals surface area (Å²) in [6, 6.07) is 7.61. The summed E-state index contributed by atoms with van der Waals surface area (Å²) in [5, 5.41) is 7.12. The lowest BCUT2D eigenvalue weighted by Crippen LogP contribution is -2.43. The van der Waals surface area contributed by atoms with E-state index in [1.54, 1.807) is 0 Å². The fourth-order valence-corrected chi connectivity index (χ4v) is 3.50. The van der Waals surface area contributed by atoms with Gasteiger partial charge in [-0.3, -0.25) is 4.79 Å². The smallest absolute Gasteiger partial charge is 0.237 e. The van der Waals surface area contributed by atoms with Gasteiger partial charge in [0, 0.05) is 11.6 Å². The summed E-state index contributed by atoms with van der Waals surface area (Å²) in [5.41, 5.74) is 1.08. The first kappa shape index (κ1) is 12.9. The van der Waals surface area contributed by atoms with Crippen LogP contribution in [-0.4, -0.2) is 18.5 Å². The molecule has 3 rings (SSSR count). The topological polar surface area (TPSA) is 41.1 Å². The SMILES string of the molecule is O=C(NCc1ccc(Cl)cc1)C1NCC2CCCC21. The van der Waals surface area contributed by atoms with Crippen molar-refractivity contribution < 1.29 is 4.79 Å². The molecular weight excluding hydrogens is 260 g/mol. The van der Waals surface area contributed by atoms with Crippen molar-refractivity contribution in [1.82, 2.24) is 10.6 Å². The van der Waals surface area contributed by atoms with Crippen molar-refractivity contribution in [3.63, 3.8) is 0 Å². The molecule has 4 heteroatoms. The van der Waals surface area contributed by atoms with E-state index in [4.69, 9.17) is 11.6 Å². The monoisotopic (exact) mass is 278 g/mol. The summed E-state index contributed by atoms with van der Waals surface area (Å²) in [5.74, 6) is 1.40. The zero-order valence-electron chi connectivity index (χ0n) is 10.9. The van der Waals surface area contributed by atoms with E-state index in [9.17, 15) is 4.79 Å². The van der Waals surface area contributed by atoms with Crippen LogP contribution in [0, 0.1) is 11.8 Å². The van der Waals surface area contributed by atoms with E-state index in [-0.39, 0.29) is 11.9 Å². The zero-order chi connectivity index (χ0) is 13.2. The highest BCUT2D eigenvalue weighted by Crippen LogP contribution is 2.37. The predicted octanol–water partition coefficient (Wildman–Crippen LogP) is 2.34. The standard InChI is InChI=1S/C15H19ClN2O/c16-12-6-4-10(5-7-12)8-18-15(19)14-13-3-1-2-11(13)9-17-14/h4-7,11,13-14,17H,1-3,8-9H2,(H,18,19). The van der Waals surface area contributed by atoms with E-state index >= 15 is 0 Å². The molecule has 1 saturated heterocycles. The Hall–Kier alpha value is -1.06. The molecule has 0 aromatic heterocycles. The van der Waals surface area contributed by atoms with Gasteiger partial charge in [-0.25, -0.2) is 0 Å². The molecule has 0 radical (unpaired) electrons. The summed E-state index contributed by atoms with van der Waals surface area (Å²) in [6.45, 7) is 1.58. The summed E-state index contributed by atoms with van der Waals surface area (Å²) in [7, 11) is 0. The fraction of sp³-hybridized carbons (Fsp3) is 0.533. The lowest BCUT2D eigenvalue weighted by atomic mass is 9.93. The zero-order valence-corrected chi connectivity index (χ0v) is 11.6. The maximum Gasteiger partial charge on any atom is 0.237 e. The molecule has 1 aliphatic heterocycles. The van der Waals surface area contributed by atoms with Gasteiger partial charge in [0.2, 0.25) is 5.91 Å². The van der Waals surface area contributed by atoms with Crippen LogP contribution in [0.4, 0.5) is 0 Å². The second-order valence-corrected chi connectivity index (χ2v) is 6.02. The number of carbonyl (C=O) groups excluding carboxylic acids is 1. The molecule has 1 aliphatic carbocycles. The molecule has 1 saturated carbocycles. The Morgan fingerprint density at radius 3 is 2.89 bits per heavy atom. The Bertz CT molecular complexity index is 460. The molecule has 3 unspecified atom stereocenters. The Kier molecular flexibility index (Phi) is 3.76. The van der Waals surface area contributed by atoms with E-state index in [1.807, 2.05) is 24.3 Å². The molecule has 3 atom stereocenters. The van der Waals surface area contributed by atoms with Crippen LogP contribution < -0.4 is 10.6 Å². The first-order chi connectivity index (χ1) is 9.24. The molecule has 3 nitrogen and oxygen atoms in total. The van der Waals surface area contributed by atoms with Gasteiger partial charge in [0.25, 0.3) is 0 Å². The lowest BCUT2D eigenvalue weighted by Gasteiger charge is -2.17. The maximum absolute atomic E-state index is 12.2. The Morgan fingerprint density at radius 2 is 2.11 bits per heavy atom. The first-order valence-corrected chi connectivity index (χ1v) is 7.37. The third-order valence-electron chi connectivity index (χ3n) is 4.41. The number of hydrogen-bond donors (Lipinski definition) is 2. The average molecular weight is 279 g/mol. The van der Waals surface area contributed by atoms with Crippen LogP contribution in [0.2, 0.25) is 5.02 Å². The number of benzene rings is 1. The summed E-state index contributed by atoms with van der Waals surface area (Å²) in [4.78, 5) is 12.2. The molecule has 1 aromatic rings. The molecule has 19 heavy (non-hydrogen) atoms. The molecule has 2 aliphatic rings. The molecular formula is C15H19ClN2O. The van der Waals surface area contributed by atoms with Gasteiger partial charge < -0.3 is 10.6 Å². The number of fused-ring (bicyclic) bond motifs is 1. The summed E-state index contributed by atoms with van der Waals surface area (Å²) < 4.78 is 0. The average Bonchev–Trinajstić information content (AvgIpc) is 3.00. The van der Waals surface area contributed by atoms with Crippen molar-refractivity contribution in [2.45, 2.75) is 31.8 Å². The van der Waals surface area contributed by atoms with Gasteiger partial charge in [-0.05, 0) is 48.9 Å². The molecule has 102 valence electrons. The van der Waals surface area contributed by atoms with E-state index in [0.29, 0.717) is 18.4 Å². The van der Waals surface area contributed by atoms with Gasteiger partial charge in [0.05, 0.1) is 6.04 Å². The molecule has 0 spiro atoms. The minimum absolute atomic E-state index is 0.0137. The quantitative estimate of drug-likeness (QED) is 0.891. The predicted molar refractivity (Wildman–Crippen MR) is 75.9 cm³/mol. The van der Waals surface area contributed by atoms with Crippen LogP contribution in [0.15, 0.2) is 24.3 Å². The van der Waals surface area contributed by atoms with Crippen LogP contribution in [-0.2, 0) is 11.3 Å². The molecule has 1 amide bonds. The molecule has 2 fully saturated rings. The number of amides is 1. The third-order valence-corrected chi connectivity index (χ3v) is 4.66. The van der Waals surface area contributed by atoms with Crippen LogP contribution in [0.3, 0.4) is 0 Å². The van der Waals surface area contributed by atoms with Crippen LogP contribution in [0.1, 0.15) is 24.8 Å². The Morgan fingerprint density at radius 1 is 1.32 bits per heavy atom. The third kappa shape index (κ3) is 2.77. The van der Waals surface area contributed by atoms with Gasteiger partial charge in [-0.2, -0.15) is 0 Å². The van der Waals surface area contributed by atoms with Crippen molar-refractivity contribution in [3.05, 3.63) is 34.9 Å². The second kappa shape index (κ2) is 5.51. The minimum atomic E-state index is 0.0137. The molecule has 0 bridgehead atoms. The highest BCUT2D eigenvalue weighted by atomic mass is 35.5.